The van der Waals surface area contributed by atoms with Crippen molar-refractivity contribution in [3.05, 3.63) is 22.3 Å². The van der Waals surface area contributed by atoms with E-state index >= 15 is 0 Å². The molecule has 1 N–H and O–H groups in total. The topological polar surface area (TPSA) is 196 Å². The Morgan fingerprint density at radius 3 is 1.51 bits per heavy atom. The first-order chi connectivity index (χ1) is 29.3. The van der Waals surface area contributed by atoms with Crippen molar-refractivity contribution in [1.82, 2.24) is 0 Å². The van der Waals surface area contributed by atoms with Crippen LogP contribution in [0.5, 0.6) is 11.5 Å². The minimum atomic E-state index is -1.09. The molecule has 0 aromatic heterocycles. The van der Waals surface area contributed by atoms with Gasteiger partial charge in [0.05, 0.1) is 0 Å². The summed E-state index contributed by atoms with van der Waals surface area (Å²) in [5.41, 5.74) is 0.812. The number of cyclic esters (lactones) is 6. The highest BCUT2D eigenvalue weighted by atomic mass is 35.5. The molecule has 0 spiro atoms. The number of esters is 1. The molecule has 16 heteroatoms. The van der Waals surface area contributed by atoms with Gasteiger partial charge in [0.15, 0.2) is 0 Å². The van der Waals surface area contributed by atoms with E-state index in [1.54, 1.807) is 13.8 Å². The van der Waals surface area contributed by atoms with Crippen molar-refractivity contribution in [2.45, 2.75) is 152 Å². The first-order valence-electron chi connectivity index (χ1n) is 22.2. The number of ether oxygens (including phenoxy) is 8. The summed E-state index contributed by atoms with van der Waals surface area (Å²) >= 11 is 5.24. The number of halogens is 1. The number of carboxylic acids is 1. The van der Waals surface area contributed by atoms with E-state index in [1.807, 2.05) is 13.8 Å². The van der Waals surface area contributed by atoms with Gasteiger partial charge < -0.3 is 43.0 Å². The van der Waals surface area contributed by atoms with Crippen molar-refractivity contribution in [2.75, 3.05) is 39.6 Å². The van der Waals surface area contributed by atoms with Crippen LogP contribution in [-0.2, 0) is 49.2 Å². The number of rotatable bonds is 16. The second-order valence-corrected chi connectivity index (χ2v) is 19.9. The van der Waals surface area contributed by atoms with E-state index in [0.717, 1.165) is 65.0 Å². The van der Waals surface area contributed by atoms with Crippen molar-refractivity contribution in [3.63, 3.8) is 0 Å². The SMILES string of the molecule is CC1(C(=O)Cl)COC(=O)OC1.CC1(C(=O)O)COC(=O)OC1.Cc1c(C)c2c(c(C)c1OC(=O)C1(C)COC(=O)OC1)CC[C@@](C)(CCC[C@H](C)CCC[C@H](C)CCCC(C)C)O2. The van der Waals surface area contributed by atoms with Crippen molar-refractivity contribution in [3.8, 4) is 11.5 Å². The Morgan fingerprint density at radius 1 is 0.635 bits per heavy atom. The molecule has 63 heavy (non-hydrogen) atoms. The monoisotopic (exact) mass is 910 g/mol. The third-order valence-corrected chi connectivity index (χ3v) is 13.0. The maximum atomic E-state index is 13.1. The molecular formula is C47H71ClO15. The number of fused-ring (bicyclic) bond motifs is 1. The molecular weight excluding hydrogens is 840 g/mol. The van der Waals surface area contributed by atoms with E-state index < -0.39 is 51.9 Å². The smallest absolute Gasteiger partial charge is 0.487 e. The van der Waals surface area contributed by atoms with Crippen molar-refractivity contribution >= 4 is 47.2 Å². The number of benzene rings is 1. The van der Waals surface area contributed by atoms with E-state index in [-0.39, 0.29) is 45.2 Å². The second kappa shape index (κ2) is 23.1. The molecule has 0 bridgehead atoms. The molecule has 0 amide bonds. The molecule has 3 fully saturated rings. The average Bonchev–Trinajstić information content (AvgIpc) is 3.22. The molecule has 0 unspecified atom stereocenters. The van der Waals surface area contributed by atoms with Crippen LogP contribution < -0.4 is 9.47 Å². The van der Waals surface area contributed by atoms with Crippen LogP contribution >= 0.6 is 11.6 Å². The summed E-state index contributed by atoms with van der Waals surface area (Å²) in [6.07, 6.45) is 11.1. The van der Waals surface area contributed by atoms with Gasteiger partial charge in [-0.3, -0.25) is 14.4 Å². The first-order valence-corrected chi connectivity index (χ1v) is 22.6. The van der Waals surface area contributed by atoms with Crippen LogP contribution in [0.2, 0.25) is 0 Å². The van der Waals surface area contributed by atoms with Gasteiger partial charge in [-0.25, -0.2) is 14.4 Å². The molecule has 4 aliphatic rings. The summed E-state index contributed by atoms with van der Waals surface area (Å²) in [5, 5.41) is 8.06. The predicted molar refractivity (Wildman–Crippen MR) is 233 cm³/mol. The lowest BCUT2D eigenvalue weighted by atomic mass is 9.83. The third-order valence-electron chi connectivity index (χ3n) is 12.6. The normalized spacial score (nSPS) is 21.5. The molecule has 1 aromatic rings. The lowest BCUT2D eigenvalue weighted by molar-refractivity contribution is -0.159. The number of hydrogen-bond donors (Lipinski definition) is 1. The Hall–Kier alpha value is -4.27. The number of carbonyl (C=O) groups excluding carboxylic acids is 5. The summed E-state index contributed by atoms with van der Waals surface area (Å²) in [6, 6.07) is 0. The summed E-state index contributed by atoms with van der Waals surface area (Å²) in [5.74, 6) is 2.48. The molecule has 0 radical (unpaired) electrons. The number of aliphatic carboxylic acids is 1. The Balaban J connectivity index is 0.000000386. The third kappa shape index (κ3) is 15.4. The number of carboxylic acid groups (broad SMARTS) is 1. The fourth-order valence-electron chi connectivity index (χ4n) is 7.54. The van der Waals surface area contributed by atoms with Gasteiger partial charge in [0, 0.05) is 5.56 Å². The Kier molecular flexibility index (Phi) is 19.4. The Bertz CT molecular complexity index is 1720. The van der Waals surface area contributed by atoms with E-state index in [1.165, 1.54) is 58.3 Å². The maximum absolute atomic E-state index is 13.1. The average molecular weight is 912 g/mol. The molecule has 4 heterocycles. The zero-order chi connectivity index (χ0) is 47.3. The van der Waals surface area contributed by atoms with Crippen LogP contribution in [0.3, 0.4) is 0 Å². The van der Waals surface area contributed by atoms with Crippen LogP contribution in [-0.4, -0.2) is 86.0 Å². The zero-order valence-corrected chi connectivity index (χ0v) is 40.0. The molecule has 1 aromatic carbocycles. The van der Waals surface area contributed by atoms with E-state index in [0.29, 0.717) is 5.75 Å². The first kappa shape index (κ1) is 53.1. The van der Waals surface area contributed by atoms with Gasteiger partial charge in [-0.05, 0) is 120 Å². The van der Waals surface area contributed by atoms with Gasteiger partial charge >= 0.3 is 30.4 Å². The van der Waals surface area contributed by atoms with Gasteiger partial charge in [0.25, 0.3) is 0 Å². The molecule has 5 rings (SSSR count). The fourth-order valence-corrected chi connectivity index (χ4v) is 7.65. The number of hydrogen-bond acceptors (Lipinski definition) is 14. The summed E-state index contributed by atoms with van der Waals surface area (Å²) in [7, 11) is 0. The molecule has 3 atom stereocenters. The van der Waals surface area contributed by atoms with Crippen LogP contribution in [0.1, 0.15) is 142 Å². The summed E-state index contributed by atoms with van der Waals surface area (Å²) in [4.78, 5) is 66.3. The van der Waals surface area contributed by atoms with E-state index in [4.69, 9.17) is 35.7 Å². The van der Waals surface area contributed by atoms with Crippen molar-refractivity contribution in [2.24, 2.45) is 34.0 Å². The number of carbonyl (C=O) groups is 6. The van der Waals surface area contributed by atoms with Crippen LogP contribution in [0.15, 0.2) is 0 Å². The Labute approximate surface area is 377 Å². The van der Waals surface area contributed by atoms with Gasteiger partial charge in [-0.15, -0.1) is 0 Å². The highest BCUT2D eigenvalue weighted by Gasteiger charge is 2.44. The lowest BCUT2D eigenvalue weighted by Crippen LogP contribution is -2.45. The van der Waals surface area contributed by atoms with Crippen LogP contribution in [0.4, 0.5) is 14.4 Å². The van der Waals surface area contributed by atoms with Gasteiger partial charge in [0.2, 0.25) is 5.24 Å². The Morgan fingerprint density at radius 2 is 1.06 bits per heavy atom. The van der Waals surface area contributed by atoms with Gasteiger partial charge in [-0.1, -0.05) is 72.6 Å². The quantitative estimate of drug-likeness (QED) is 0.0711. The molecule has 15 nitrogen and oxygen atoms in total. The zero-order valence-electron chi connectivity index (χ0n) is 39.3. The molecule has 0 saturated carbocycles. The predicted octanol–water partition coefficient (Wildman–Crippen LogP) is 10.4. The molecule has 0 aliphatic carbocycles. The molecule has 4 aliphatic heterocycles. The molecule has 3 saturated heterocycles. The summed E-state index contributed by atoms with van der Waals surface area (Å²) < 4.78 is 40.4. The maximum Gasteiger partial charge on any atom is 0.508 e. The highest BCUT2D eigenvalue weighted by molar-refractivity contribution is 6.64. The van der Waals surface area contributed by atoms with Crippen molar-refractivity contribution < 1.29 is 71.8 Å². The van der Waals surface area contributed by atoms with E-state index in [9.17, 15) is 28.8 Å². The minimum absolute atomic E-state index is 0.00579. The van der Waals surface area contributed by atoms with Crippen molar-refractivity contribution in [1.29, 1.82) is 0 Å². The summed E-state index contributed by atoms with van der Waals surface area (Å²) in [6.45, 7) is 22.1. The van der Waals surface area contributed by atoms with Gasteiger partial charge in [0.1, 0.15) is 73.0 Å². The lowest BCUT2D eigenvalue weighted by Gasteiger charge is -2.38. The second-order valence-electron chi connectivity index (χ2n) is 19.6. The van der Waals surface area contributed by atoms with E-state index in [2.05, 4.69) is 60.5 Å². The minimum Gasteiger partial charge on any atom is -0.487 e. The van der Waals surface area contributed by atoms with Gasteiger partial charge in [-0.2, -0.15) is 0 Å². The fraction of sp³-hybridized carbons (Fsp3) is 0.745. The standard InChI is InChI=1S/C35H56O6.C6H7ClO4.C6H8O5/c1-23(2)13-10-14-24(3)15-11-16-25(4)17-12-19-35(9)20-18-29-28(7)30(26(5)27(6)31(29)41-35)40-32(36)34(8)21-38-33(37)39-22-34;2*1-6(4(7)8)2-10-5(9)11-3-6/h23-25H,10-22H2,1-9H3;2-3H2,1H3;2-3H2,1H3,(H,7,8)/t24-,25-,35-;;/m1../s1. The van der Waals surface area contributed by atoms with Crippen LogP contribution in [0, 0.1) is 54.8 Å². The highest BCUT2D eigenvalue weighted by Crippen LogP contribution is 2.45. The molecule has 356 valence electrons. The largest absolute Gasteiger partial charge is 0.508 e. The van der Waals surface area contributed by atoms with Crippen LogP contribution in [0.25, 0.3) is 0 Å².